The van der Waals surface area contributed by atoms with Crippen molar-refractivity contribution in [2.24, 2.45) is 0 Å². The molecule has 0 aromatic carbocycles. The van der Waals surface area contributed by atoms with Crippen LogP contribution in [0.3, 0.4) is 0 Å². The van der Waals surface area contributed by atoms with Crippen molar-refractivity contribution in [2.75, 3.05) is 13.6 Å². The molecule has 0 aromatic heterocycles. The number of amides is 2. The first kappa shape index (κ1) is 13.1. The van der Waals surface area contributed by atoms with E-state index < -0.39 is 18.8 Å². The summed E-state index contributed by atoms with van der Waals surface area (Å²) in [5, 5.41) is 2.63. The number of urea groups is 1. The molecule has 0 aromatic rings. The number of hydrogen-bond donors (Lipinski definition) is 1. The number of hydrogen-bond acceptors (Lipinski definition) is 1. The smallest absolute Gasteiger partial charge is 0.335 e. The van der Waals surface area contributed by atoms with Crippen molar-refractivity contribution < 1.29 is 18.0 Å². The predicted octanol–water partition coefficient (Wildman–Crippen LogP) is 2.52. The minimum Gasteiger partial charge on any atom is -0.335 e. The molecular weight excluding hydrogens is 221 g/mol. The summed E-state index contributed by atoms with van der Waals surface area (Å²) in [5.74, 6) is 0. The van der Waals surface area contributed by atoms with Gasteiger partial charge in [0.15, 0.2) is 0 Å². The highest BCUT2D eigenvalue weighted by atomic mass is 19.4. The van der Waals surface area contributed by atoms with Crippen molar-refractivity contribution in [2.45, 2.75) is 44.3 Å². The second kappa shape index (κ2) is 5.41. The average Bonchev–Trinajstić information content (AvgIpc) is 2.16. The van der Waals surface area contributed by atoms with Crippen LogP contribution in [0.2, 0.25) is 0 Å². The first-order chi connectivity index (χ1) is 7.38. The quantitative estimate of drug-likeness (QED) is 0.787. The highest BCUT2D eigenvalue weighted by Gasteiger charge is 2.31. The summed E-state index contributed by atoms with van der Waals surface area (Å²) in [4.78, 5) is 12.1. The Morgan fingerprint density at radius 3 is 2.38 bits per heavy atom. The van der Waals surface area contributed by atoms with Crippen molar-refractivity contribution in [3.63, 3.8) is 0 Å². The first-order valence-corrected chi connectivity index (χ1v) is 5.47. The third-order valence-electron chi connectivity index (χ3n) is 2.70. The molecule has 94 valence electrons. The highest BCUT2D eigenvalue weighted by molar-refractivity contribution is 5.74. The van der Waals surface area contributed by atoms with Crippen molar-refractivity contribution >= 4 is 6.03 Å². The number of carbonyl (C=O) groups is 1. The fraction of sp³-hybridized carbons (Fsp3) is 0.900. The van der Waals surface area contributed by atoms with Crippen molar-refractivity contribution in [1.29, 1.82) is 0 Å². The molecule has 1 rings (SSSR count). The number of halogens is 3. The van der Waals surface area contributed by atoms with E-state index in [1.54, 1.807) is 0 Å². The topological polar surface area (TPSA) is 32.3 Å². The van der Waals surface area contributed by atoms with E-state index in [9.17, 15) is 18.0 Å². The van der Waals surface area contributed by atoms with Crippen LogP contribution < -0.4 is 5.32 Å². The Bertz CT molecular complexity index is 237. The van der Waals surface area contributed by atoms with E-state index >= 15 is 0 Å². The number of rotatable bonds is 2. The Morgan fingerprint density at radius 2 is 1.88 bits per heavy atom. The van der Waals surface area contributed by atoms with Crippen LogP contribution in [0.1, 0.15) is 32.1 Å². The van der Waals surface area contributed by atoms with Crippen LogP contribution in [0, 0.1) is 0 Å². The van der Waals surface area contributed by atoms with Gasteiger partial charge in [-0.15, -0.1) is 0 Å². The molecule has 6 heteroatoms. The van der Waals surface area contributed by atoms with E-state index in [4.69, 9.17) is 0 Å². The molecule has 16 heavy (non-hydrogen) atoms. The normalized spacial score (nSPS) is 18.2. The molecule has 0 spiro atoms. The van der Waals surface area contributed by atoms with Gasteiger partial charge >= 0.3 is 12.2 Å². The molecule has 0 heterocycles. The number of alkyl halides is 3. The maximum Gasteiger partial charge on any atom is 0.406 e. The van der Waals surface area contributed by atoms with Gasteiger partial charge in [0, 0.05) is 13.1 Å². The molecule has 0 aliphatic heterocycles. The van der Waals surface area contributed by atoms with E-state index in [0.29, 0.717) is 4.90 Å². The molecule has 1 aliphatic rings. The van der Waals surface area contributed by atoms with Crippen LogP contribution in [0.4, 0.5) is 18.0 Å². The van der Waals surface area contributed by atoms with Crippen LogP contribution in [0.15, 0.2) is 0 Å². The summed E-state index contributed by atoms with van der Waals surface area (Å²) < 4.78 is 36.1. The van der Waals surface area contributed by atoms with Crippen molar-refractivity contribution in [3.8, 4) is 0 Å². The molecule has 0 atom stereocenters. The minimum absolute atomic E-state index is 0.0388. The van der Waals surface area contributed by atoms with Crippen molar-refractivity contribution in [1.82, 2.24) is 10.2 Å². The summed E-state index contributed by atoms with van der Waals surface area (Å²) in [5.41, 5.74) is 0. The molecule has 0 bridgehead atoms. The minimum atomic E-state index is -4.33. The average molecular weight is 238 g/mol. The number of carbonyl (C=O) groups excluding carboxylic acids is 1. The largest absolute Gasteiger partial charge is 0.406 e. The lowest BCUT2D eigenvalue weighted by Gasteiger charge is -2.26. The van der Waals surface area contributed by atoms with Gasteiger partial charge in [0.05, 0.1) is 0 Å². The molecule has 0 unspecified atom stereocenters. The first-order valence-electron chi connectivity index (χ1n) is 5.47. The SMILES string of the molecule is CN(CC(F)(F)F)C(=O)NC1CCCCC1. The number of nitrogens with zero attached hydrogens (tertiary/aromatic N) is 1. The molecule has 0 radical (unpaired) electrons. The Kier molecular flexibility index (Phi) is 4.44. The monoisotopic (exact) mass is 238 g/mol. The van der Waals surface area contributed by atoms with Gasteiger partial charge < -0.3 is 10.2 Å². The summed E-state index contributed by atoms with van der Waals surface area (Å²) in [6.07, 6.45) is 0.614. The van der Waals surface area contributed by atoms with E-state index in [1.807, 2.05) is 0 Å². The zero-order valence-corrected chi connectivity index (χ0v) is 9.31. The van der Waals surface area contributed by atoms with Gasteiger partial charge in [0.25, 0.3) is 0 Å². The van der Waals surface area contributed by atoms with Crippen LogP contribution in [0.5, 0.6) is 0 Å². The summed E-state index contributed by atoms with van der Waals surface area (Å²) in [6.45, 7) is -1.20. The van der Waals surface area contributed by atoms with Crippen LogP contribution in [0.25, 0.3) is 0 Å². The summed E-state index contributed by atoms with van der Waals surface area (Å²) in [7, 11) is 1.16. The predicted molar refractivity (Wildman–Crippen MR) is 54.1 cm³/mol. The van der Waals surface area contributed by atoms with Gasteiger partial charge in [-0.2, -0.15) is 13.2 Å². The molecule has 1 N–H and O–H groups in total. The zero-order chi connectivity index (χ0) is 12.2. The van der Waals surface area contributed by atoms with Gasteiger partial charge in [-0.25, -0.2) is 4.79 Å². The zero-order valence-electron chi connectivity index (χ0n) is 9.31. The van der Waals surface area contributed by atoms with Gasteiger partial charge in [0.2, 0.25) is 0 Å². The van der Waals surface area contributed by atoms with E-state index in [0.717, 1.165) is 39.2 Å². The molecule has 1 fully saturated rings. The Hall–Kier alpha value is -0.940. The maximum absolute atomic E-state index is 12.0. The van der Waals surface area contributed by atoms with Gasteiger partial charge in [-0.1, -0.05) is 19.3 Å². The van der Waals surface area contributed by atoms with Crippen LogP contribution >= 0.6 is 0 Å². The highest BCUT2D eigenvalue weighted by Crippen LogP contribution is 2.18. The maximum atomic E-state index is 12.0. The second-order valence-electron chi connectivity index (χ2n) is 4.26. The Balaban J connectivity index is 2.33. The fourth-order valence-electron chi connectivity index (χ4n) is 1.87. The number of nitrogens with one attached hydrogen (secondary N) is 1. The Labute approximate surface area is 93.0 Å². The summed E-state index contributed by atoms with van der Waals surface area (Å²) >= 11 is 0. The van der Waals surface area contributed by atoms with Gasteiger partial charge in [-0.05, 0) is 12.8 Å². The summed E-state index contributed by atoms with van der Waals surface area (Å²) in [6, 6.07) is -0.596. The molecule has 1 aliphatic carbocycles. The molecule has 0 saturated heterocycles. The lowest BCUT2D eigenvalue weighted by atomic mass is 9.96. The van der Waals surface area contributed by atoms with E-state index in [1.165, 1.54) is 0 Å². The lowest BCUT2D eigenvalue weighted by molar-refractivity contribution is -0.137. The second-order valence-corrected chi connectivity index (χ2v) is 4.26. The lowest BCUT2D eigenvalue weighted by Crippen LogP contribution is -2.46. The third kappa shape index (κ3) is 4.72. The molecular formula is C10H17F3N2O. The van der Waals surface area contributed by atoms with Gasteiger partial charge in [-0.3, -0.25) is 0 Å². The van der Waals surface area contributed by atoms with Gasteiger partial charge in [0.1, 0.15) is 6.54 Å². The third-order valence-corrected chi connectivity index (χ3v) is 2.70. The molecule has 3 nitrogen and oxygen atoms in total. The fourth-order valence-corrected chi connectivity index (χ4v) is 1.87. The van der Waals surface area contributed by atoms with Crippen molar-refractivity contribution in [3.05, 3.63) is 0 Å². The standard InChI is InChI=1S/C10H17F3N2O/c1-15(7-10(11,12)13)9(16)14-8-5-3-2-4-6-8/h8H,2-7H2,1H3,(H,14,16). The van der Waals surface area contributed by atoms with E-state index in [-0.39, 0.29) is 6.04 Å². The Morgan fingerprint density at radius 1 is 1.31 bits per heavy atom. The molecule has 1 saturated carbocycles. The molecule has 2 amide bonds. The van der Waals surface area contributed by atoms with Crippen LogP contribution in [-0.2, 0) is 0 Å². The van der Waals surface area contributed by atoms with Crippen LogP contribution in [-0.4, -0.2) is 36.7 Å². The van der Waals surface area contributed by atoms with E-state index in [2.05, 4.69) is 5.32 Å².